The lowest BCUT2D eigenvalue weighted by atomic mass is 10.0. The van der Waals surface area contributed by atoms with Gasteiger partial charge in [0.05, 0.1) is 6.61 Å². The van der Waals surface area contributed by atoms with Crippen LogP contribution in [0.25, 0.3) is 0 Å². The van der Waals surface area contributed by atoms with E-state index in [1.54, 1.807) is 0 Å². The van der Waals surface area contributed by atoms with E-state index in [0.29, 0.717) is 11.8 Å². The van der Waals surface area contributed by atoms with Gasteiger partial charge in [0.15, 0.2) is 0 Å². The van der Waals surface area contributed by atoms with Gasteiger partial charge in [-0.2, -0.15) is 0 Å². The summed E-state index contributed by atoms with van der Waals surface area (Å²) in [6, 6.07) is 8.73. The van der Waals surface area contributed by atoms with Gasteiger partial charge in [0.1, 0.15) is 0 Å². The molecule has 3 nitrogen and oxygen atoms in total. The van der Waals surface area contributed by atoms with E-state index in [9.17, 15) is 0 Å². The van der Waals surface area contributed by atoms with Crippen molar-refractivity contribution in [3.05, 3.63) is 29.8 Å². The number of hydrogen-bond acceptors (Lipinski definition) is 3. The van der Waals surface area contributed by atoms with Crippen LogP contribution < -0.4 is 10.2 Å². The molecule has 1 aliphatic heterocycles. The SMILES string of the molecule is CC(C)CNCc1ccccc1N(C)CC1CCCOC1. The monoisotopic (exact) mass is 290 g/mol. The molecule has 1 N–H and O–H groups in total. The summed E-state index contributed by atoms with van der Waals surface area (Å²) in [5.41, 5.74) is 2.73. The van der Waals surface area contributed by atoms with Crippen molar-refractivity contribution in [1.29, 1.82) is 0 Å². The fraction of sp³-hybridized carbons (Fsp3) is 0.667. The van der Waals surface area contributed by atoms with Crippen molar-refractivity contribution in [3.63, 3.8) is 0 Å². The van der Waals surface area contributed by atoms with Gasteiger partial charge in [-0.05, 0) is 42.9 Å². The molecule has 1 aliphatic rings. The average molecular weight is 290 g/mol. The van der Waals surface area contributed by atoms with Crippen molar-refractivity contribution in [1.82, 2.24) is 5.32 Å². The van der Waals surface area contributed by atoms with Gasteiger partial charge in [-0.25, -0.2) is 0 Å². The summed E-state index contributed by atoms with van der Waals surface area (Å²) in [5.74, 6) is 1.36. The van der Waals surface area contributed by atoms with Gasteiger partial charge in [-0.15, -0.1) is 0 Å². The molecule has 3 heteroatoms. The molecule has 0 amide bonds. The molecule has 1 unspecified atom stereocenters. The molecule has 1 aromatic carbocycles. The van der Waals surface area contributed by atoms with Gasteiger partial charge in [-0.3, -0.25) is 0 Å². The highest BCUT2D eigenvalue weighted by molar-refractivity contribution is 5.53. The summed E-state index contributed by atoms with van der Waals surface area (Å²) in [4.78, 5) is 2.39. The molecule has 118 valence electrons. The van der Waals surface area contributed by atoms with Gasteiger partial charge in [-0.1, -0.05) is 32.0 Å². The van der Waals surface area contributed by atoms with Gasteiger partial charge in [0.2, 0.25) is 0 Å². The maximum absolute atomic E-state index is 5.60. The fourth-order valence-corrected chi connectivity index (χ4v) is 2.97. The number of nitrogens with zero attached hydrogens (tertiary/aromatic N) is 1. The third-order valence-corrected chi connectivity index (χ3v) is 4.06. The summed E-state index contributed by atoms with van der Waals surface area (Å²) in [5, 5.41) is 3.55. The molecule has 1 heterocycles. The Bertz CT molecular complexity index is 413. The number of para-hydroxylation sites is 1. The largest absolute Gasteiger partial charge is 0.381 e. The van der Waals surface area contributed by atoms with Crippen LogP contribution in [-0.4, -0.2) is 33.4 Å². The summed E-state index contributed by atoms with van der Waals surface area (Å²) >= 11 is 0. The number of hydrogen-bond donors (Lipinski definition) is 1. The van der Waals surface area contributed by atoms with E-state index in [1.807, 2.05) is 0 Å². The third kappa shape index (κ3) is 5.33. The Balaban J connectivity index is 1.93. The zero-order chi connectivity index (χ0) is 15.1. The highest BCUT2D eigenvalue weighted by Gasteiger charge is 2.17. The number of ether oxygens (including phenoxy) is 1. The summed E-state index contributed by atoms with van der Waals surface area (Å²) in [6.45, 7) is 9.44. The van der Waals surface area contributed by atoms with E-state index in [-0.39, 0.29) is 0 Å². The van der Waals surface area contributed by atoms with E-state index in [1.165, 1.54) is 24.1 Å². The third-order valence-electron chi connectivity index (χ3n) is 4.06. The molecule has 21 heavy (non-hydrogen) atoms. The van der Waals surface area contributed by atoms with Crippen molar-refractivity contribution < 1.29 is 4.74 Å². The first-order valence-corrected chi connectivity index (χ1v) is 8.24. The summed E-state index contributed by atoms with van der Waals surface area (Å²) in [7, 11) is 2.20. The first kappa shape index (κ1) is 16.3. The van der Waals surface area contributed by atoms with Crippen molar-refractivity contribution in [3.8, 4) is 0 Å². The maximum Gasteiger partial charge on any atom is 0.0511 e. The maximum atomic E-state index is 5.60. The smallest absolute Gasteiger partial charge is 0.0511 e. The lowest BCUT2D eigenvalue weighted by molar-refractivity contribution is 0.0576. The average Bonchev–Trinajstić information content (AvgIpc) is 2.48. The number of anilines is 1. The first-order chi connectivity index (χ1) is 10.2. The van der Waals surface area contributed by atoms with E-state index in [4.69, 9.17) is 4.74 Å². The van der Waals surface area contributed by atoms with Crippen molar-refractivity contribution in [2.45, 2.75) is 33.2 Å². The zero-order valence-corrected chi connectivity index (χ0v) is 13.8. The summed E-state index contributed by atoms with van der Waals surface area (Å²) in [6.07, 6.45) is 2.49. The van der Waals surface area contributed by atoms with Crippen LogP contribution in [-0.2, 0) is 11.3 Å². The van der Waals surface area contributed by atoms with Crippen LogP contribution in [0.2, 0.25) is 0 Å². The van der Waals surface area contributed by atoms with E-state index in [0.717, 1.165) is 32.8 Å². The molecule has 0 bridgehead atoms. The normalized spacial score (nSPS) is 19.0. The molecule has 2 rings (SSSR count). The van der Waals surface area contributed by atoms with Gasteiger partial charge < -0.3 is 15.0 Å². The van der Waals surface area contributed by atoms with E-state index >= 15 is 0 Å². The molecule has 0 aromatic heterocycles. The van der Waals surface area contributed by atoms with E-state index < -0.39 is 0 Å². The first-order valence-electron chi connectivity index (χ1n) is 8.24. The number of nitrogens with one attached hydrogen (secondary N) is 1. The second kappa shape index (κ2) is 8.40. The highest BCUT2D eigenvalue weighted by atomic mass is 16.5. The second-order valence-corrected chi connectivity index (χ2v) is 6.62. The fourth-order valence-electron chi connectivity index (χ4n) is 2.97. The molecular formula is C18H30N2O. The number of benzene rings is 1. The van der Waals surface area contributed by atoms with Gasteiger partial charge in [0.25, 0.3) is 0 Å². The molecule has 0 aliphatic carbocycles. The Morgan fingerprint density at radius 1 is 1.33 bits per heavy atom. The minimum absolute atomic E-state index is 0.667. The molecule has 1 aromatic rings. The van der Waals surface area contributed by atoms with Crippen LogP contribution in [0.3, 0.4) is 0 Å². The topological polar surface area (TPSA) is 24.5 Å². The Morgan fingerprint density at radius 2 is 2.14 bits per heavy atom. The minimum Gasteiger partial charge on any atom is -0.381 e. The van der Waals surface area contributed by atoms with Crippen molar-refractivity contribution in [2.24, 2.45) is 11.8 Å². The zero-order valence-electron chi connectivity index (χ0n) is 13.8. The predicted molar refractivity (Wildman–Crippen MR) is 89.8 cm³/mol. The Morgan fingerprint density at radius 3 is 2.86 bits per heavy atom. The van der Waals surface area contributed by atoms with Crippen LogP contribution >= 0.6 is 0 Å². The molecular weight excluding hydrogens is 260 g/mol. The molecule has 0 spiro atoms. The lowest BCUT2D eigenvalue weighted by Gasteiger charge is -2.29. The minimum atomic E-state index is 0.667. The predicted octanol–water partition coefficient (Wildman–Crippen LogP) is 3.30. The summed E-state index contributed by atoms with van der Waals surface area (Å²) < 4.78 is 5.60. The Labute approximate surface area is 129 Å². The standard InChI is InChI=1S/C18H30N2O/c1-15(2)11-19-12-17-8-4-5-9-18(17)20(3)13-16-7-6-10-21-14-16/h4-5,8-9,15-16,19H,6-7,10-14H2,1-3H3. The van der Waals surface area contributed by atoms with E-state index in [2.05, 4.69) is 55.4 Å². The van der Waals surface area contributed by atoms with Crippen LogP contribution in [0.5, 0.6) is 0 Å². The molecule has 0 radical (unpaired) electrons. The van der Waals surface area contributed by atoms with Crippen molar-refractivity contribution in [2.75, 3.05) is 38.3 Å². The van der Waals surface area contributed by atoms with Gasteiger partial charge in [0, 0.05) is 32.4 Å². The highest BCUT2D eigenvalue weighted by Crippen LogP contribution is 2.22. The van der Waals surface area contributed by atoms with Gasteiger partial charge >= 0.3 is 0 Å². The molecule has 1 saturated heterocycles. The van der Waals surface area contributed by atoms with Crippen LogP contribution in [0.1, 0.15) is 32.3 Å². The molecule has 1 fully saturated rings. The molecule has 1 atom stereocenters. The van der Waals surface area contributed by atoms with Crippen molar-refractivity contribution >= 4 is 5.69 Å². The van der Waals surface area contributed by atoms with Crippen LogP contribution in [0.15, 0.2) is 24.3 Å². The second-order valence-electron chi connectivity index (χ2n) is 6.62. The van der Waals surface area contributed by atoms with Crippen LogP contribution in [0, 0.1) is 11.8 Å². The Hall–Kier alpha value is -1.06. The quantitative estimate of drug-likeness (QED) is 0.834. The lowest BCUT2D eigenvalue weighted by Crippen LogP contribution is -2.31. The Kier molecular flexibility index (Phi) is 6.52. The van der Waals surface area contributed by atoms with Crippen LogP contribution in [0.4, 0.5) is 5.69 Å². The number of rotatable bonds is 7. The molecule has 0 saturated carbocycles.